The van der Waals surface area contributed by atoms with Crippen molar-refractivity contribution in [1.82, 2.24) is 4.98 Å². The molecule has 26 heavy (non-hydrogen) atoms. The lowest BCUT2D eigenvalue weighted by Crippen LogP contribution is -2.18. The van der Waals surface area contributed by atoms with E-state index in [0.29, 0.717) is 15.0 Å². The average molecular weight is 394 g/mol. The van der Waals surface area contributed by atoms with Crippen molar-refractivity contribution in [1.29, 1.82) is 0 Å². The highest BCUT2D eigenvalue weighted by atomic mass is 32.2. The summed E-state index contributed by atoms with van der Waals surface area (Å²) in [5.74, 6) is -0.814. The number of aromatic nitrogens is 1. The number of carbonyl (C=O) groups excluding carboxylic acids is 1. The van der Waals surface area contributed by atoms with Crippen molar-refractivity contribution in [3.05, 3.63) is 65.7 Å². The van der Waals surface area contributed by atoms with Crippen LogP contribution in [0.1, 0.15) is 15.9 Å². The molecule has 0 fully saturated rings. The van der Waals surface area contributed by atoms with Crippen LogP contribution >= 0.6 is 23.1 Å². The zero-order valence-electron chi connectivity index (χ0n) is 13.5. The second kappa shape index (κ2) is 7.51. The molecule has 0 saturated carbocycles. The highest BCUT2D eigenvalue weighted by molar-refractivity contribution is 8.00. The smallest absolute Gasteiger partial charge is 0.312 e. The fourth-order valence-corrected chi connectivity index (χ4v) is 3.84. The van der Waals surface area contributed by atoms with E-state index in [1.165, 1.54) is 35.2 Å². The maximum atomic E-state index is 13.2. The lowest BCUT2D eigenvalue weighted by atomic mass is 10.1. The molecule has 0 saturated heterocycles. The van der Waals surface area contributed by atoms with Crippen LogP contribution in [0.3, 0.4) is 0 Å². The zero-order valence-corrected chi connectivity index (χ0v) is 15.1. The summed E-state index contributed by atoms with van der Waals surface area (Å²) in [5.41, 5.74) is -0.0623. The Labute approximate surface area is 156 Å². The Balaban J connectivity index is 1.98. The number of nitrogens with zero attached hydrogens (tertiary/aromatic N) is 1. The number of rotatable bonds is 4. The van der Waals surface area contributed by atoms with Crippen LogP contribution in [0, 0.1) is 0 Å². The Hall–Kier alpha value is -2.32. The van der Waals surface area contributed by atoms with Crippen LogP contribution in [0.5, 0.6) is 0 Å². The van der Waals surface area contributed by atoms with Crippen molar-refractivity contribution in [2.45, 2.75) is 10.5 Å². The van der Waals surface area contributed by atoms with E-state index in [4.69, 9.17) is 0 Å². The number of hydrogen-bond donors (Lipinski definition) is 1. The largest absolute Gasteiger partial charge is 0.417 e. The van der Waals surface area contributed by atoms with E-state index in [1.807, 2.05) is 36.6 Å². The Kier molecular flexibility index (Phi) is 5.33. The molecule has 1 amide bonds. The van der Waals surface area contributed by atoms with Gasteiger partial charge in [-0.25, -0.2) is 4.98 Å². The minimum absolute atomic E-state index is 0.418. The number of benzene rings is 2. The summed E-state index contributed by atoms with van der Waals surface area (Å²) in [4.78, 5) is 17.0. The number of alkyl halides is 3. The van der Waals surface area contributed by atoms with Crippen LogP contribution in [0.15, 0.2) is 58.9 Å². The highest BCUT2D eigenvalue weighted by Crippen LogP contribution is 2.38. The van der Waals surface area contributed by atoms with E-state index in [1.54, 1.807) is 0 Å². The summed E-state index contributed by atoms with van der Waals surface area (Å²) >= 11 is 2.63. The maximum absolute atomic E-state index is 13.2. The molecule has 0 unspecified atom stereocenters. The number of anilines is 1. The van der Waals surface area contributed by atoms with Gasteiger partial charge in [-0.15, -0.1) is 0 Å². The van der Waals surface area contributed by atoms with Gasteiger partial charge in [-0.2, -0.15) is 13.2 Å². The predicted molar refractivity (Wildman–Crippen MR) is 98.7 cm³/mol. The van der Waals surface area contributed by atoms with Crippen LogP contribution in [0.25, 0.3) is 11.3 Å². The van der Waals surface area contributed by atoms with Gasteiger partial charge in [0.1, 0.15) is 10.7 Å². The van der Waals surface area contributed by atoms with E-state index in [0.717, 1.165) is 17.7 Å². The summed E-state index contributed by atoms with van der Waals surface area (Å²) < 4.78 is 40.2. The van der Waals surface area contributed by atoms with E-state index in [2.05, 4.69) is 10.3 Å². The molecule has 0 aliphatic rings. The van der Waals surface area contributed by atoms with Gasteiger partial charge in [0.15, 0.2) is 4.34 Å². The van der Waals surface area contributed by atoms with E-state index in [-0.39, 0.29) is 0 Å². The molecule has 0 radical (unpaired) electrons. The molecule has 3 nitrogen and oxygen atoms in total. The van der Waals surface area contributed by atoms with E-state index < -0.39 is 23.2 Å². The molecule has 0 aliphatic heterocycles. The number of nitrogens with one attached hydrogen (secondary N) is 1. The topological polar surface area (TPSA) is 42.0 Å². The highest BCUT2D eigenvalue weighted by Gasteiger charge is 2.35. The monoisotopic (exact) mass is 394 g/mol. The minimum Gasteiger partial charge on any atom is -0.312 e. The minimum atomic E-state index is -4.60. The first-order valence-electron chi connectivity index (χ1n) is 7.48. The second-order valence-electron chi connectivity index (χ2n) is 5.23. The third kappa shape index (κ3) is 3.91. The first-order chi connectivity index (χ1) is 12.4. The van der Waals surface area contributed by atoms with Crippen LogP contribution in [-0.4, -0.2) is 17.1 Å². The summed E-state index contributed by atoms with van der Waals surface area (Å²) in [6, 6.07) is 13.9. The first-order valence-corrected chi connectivity index (χ1v) is 9.52. The average Bonchev–Trinajstić information content (AvgIpc) is 3.04. The SMILES string of the molecule is CSc1nc(-c2ccccc2)c(NC(=O)c2ccccc2C(F)(F)F)s1. The molecular weight excluding hydrogens is 381 g/mol. The van der Waals surface area contributed by atoms with Crippen molar-refractivity contribution >= 4 is 34.0 Å². The van der Waals surface area contributed by atoms with Crippen molar-refractivity contribution < 1.29 is 18.0 Å². The van der Waals surface area contributed by atoms with Gasteiger partial charge in [0.25, 0.3) is 5.91 Å². The molecule has 1 aromatic heterocycles. The molecule has 3 rings (SSSR count). The number of thiazole rings is 1. The van der Waals surface area contributed by atoms with Gasteiger partial charge >= 0.3 is 6.18 Å². The summed E-state index contributed by atoms with van der Waals surface area (Å²) in [6.45, 7) is 0. The predicted octanol–water partition coefficient (Wildman–Crippen LogP) is 5.80. The molecule has 1 N–H and O–H groups in total. The quantitative estimate of drug-likeness (QED) is 0.569. The fourth-order valence-electron chi connectivity index (χ4n) is 2.36. The standard InChI is InChI=1S/C18H13F3N2OS2/c1-25-17-22-14(11-7-3-2-4-8-11)16(26-17)23-15(24)12-9-5-6-10-13(12)18(19,20)21/h2-10H,1H3,(H,23,24). The van der Waals surface area contributed by atoms with Crippen LogP contribution < -0.4 is 5.32 Å². The number of halogens is 3. The van der Waals surface area contributed by atoms with Gasteiger partial charge in [0.2, 0.25) is 0 Å². The molecule has 0 spiro atoms. The van der Waals surface area contributed by atoms with E-state index >= 15 is 0 Å². The van der Waals surface area contributed by atoms with E-state index in [9.17, 15) is 18.0 Å². The third-order valence-electron chi connectivity index (χ3n) is 3.53. The Morgan fingerprint density at radius 1 is 1.08 bits per heavy atom. The van der Waals surface area contributed by atoms with Gasteiger partial charge in [0, 0.05) is 5.56 Å². The van der Waals surface area contributed by atoms with Crippen LogP contribution in [0.2, 0.25) is 0 Å². The third-order valence-corrected chi connectivity index (χ3v) is 5.49. The summed E-state index contributed by atoms with van der Waals surface area (Å²) in [6.07, 6.45) is -2.76. The fraction of sp³-hybridized carbons (Fsp3) is 0.111. The maximum Gasteiger partial charge on any atom is 0.417 e. The van der Waals surface area contributed by atoms with Gasteiger partial charge in [-0.3, -0.25) is 4.79 Å². The number of amides is 1. The molecule has 134 valence electrons. The first kappa shape index (κ1) is 18.5. The number of thioether (sulfide) groups is 1. The molecular formula is C18H13F3N2OS2. The Morgan fingerprint density at radius 3 is 2.38 bits per heavy atom. The zero-order chi connectivity index (χ0) is 18.7. The molecule has 0 bridgehead atoms. The Bertz CT molecular complexity index is 924. The molecule has 3 aromatic rings. The summed E-state index contributed by atoms with van der Waals surface area (Å²) in [5, 5.41) is 3.02. The normalized spacial score (nSPS) is 11.4. The van der Waals surface area contributed by atoms with Gasteiger partial charge in [-0.1, -0.05) is 65.6 Å². The summed E-state index contributed by atoms with van der Waals surface area (Å²) in [7, 11) is 0. The van der Waals surface area contributed by atoms with Crippen LogP contribution in [-0.2, 0) is 6.18 Å². The Morgan fingerprint density at radius 2 is 1.73 bits per heavy atom. The van der Waals surface area contributed by atoms with Crippen molar-refractivity contribution in [2.75, 3.05) is 11.6 Å². The lowest BCUT2D eigenvalue weighted by Gasteiger charge is -2.12. The second-order valence-corrected chi connectivity index (χ2v) is 7.28. The molecule has 1 heterocycles. The van der Waals surface area contributed by atoms with Gasteiger partial charge in [0.05, 0.1) is 11.1 Å². The van der Waals surface area contributed by atoms with Crippen molar-refractivity contribution in [3.8, 4) is 11.3 Å². The van der Waals surface area contributed by atoms with Gasteiger partial charge in [-0.05, 0) is 18.4 Å². The van der Waals surface area contributed by atoms with Crippen molar-refractivity contribution in [2.24, 2.45) is 0 Å². The lowest BCUT2D eigenvalue weighted by molar-refractivity contribution is -0.137. The van der Waals surface area contributed by atoms with Crippen LogP contribution in [0.4, 0.5) is 18.2 Å². The molecule has 0 aliphatic carbocycles. The van der Waals surface area contributed by atoms with Gasteiger partial charge < -0.3 is 5.32 Å². The van der Waals surface area contributed by atoms with Crippen molar-refractivity contribution in [3.63, 3.8) is 0 Å². The molecule has 2 aromatic carbocycles. The number of hydrogen-bond acceptors (Lipinski definition) is 4. The molecule has 0 atom stereocenters. The number of carbonyl (C=O) groups is 1. The molecule has 8 heteroatoms.